The Hall–Kier alpha value is -1.26. The van der Waals surface area contributed by atoms with E-state index in [9.17, 15) is 4.79 Å². The Kier molecular flexibility index (Phi) is 8.16. The van der Waals surface area contributed by atoms with Gasteiger partial charge in [-0.2, -0.15) is 0 Å². The minimum absolute atomic E-state index is 0.110. The van der Waals surface area contributed by atoms with Gasteiger partial charge in [-0.05, 0) is 31.1 Å². The van der Waals surface area contributed by atoms with Crippen LogP contribution in [0.25, 0.3) is 0 Å². The first kappa shape index (κ1) is 17.8. The van der Waals surface area contributed by atoms with Crippen molar-refractivity contribution in [2.45, 2.75) is 46.5 Å². The highest BCUT2D eigenvalue weighted by Crippen LogP contribution is 2.23. The van der Waals surface area contributed by atoms with E-state index in [2.05, 4.69) is 41.3 Å². The van der Waals surface area contributed by atoms with Crippen molar-refractivity contribution >= 4 is 11.9 Å². The van der Waals surface area contributed by atoms with Crippen LogP contribution >= 0.6 is 0 Å². The van der Waals surface area contributed by atoms with Crippen LogP contribution in [0.3, 0.4) is 0 Å². The number of amides is 1. The maximum Gasteiger partial charge on any atom is 0.221 e. The summed E-state index contributed by atoms with van der Waals surface area (Å²) in [6.45, 7) is 10.2. The minimum atomic E-state index is 0.110. The average Bonchev–Trinajstić information content (AvgIpc) is 2.88. The molecule has 0 radical (unpaired) electrons. The Balaban J connectivity index is 2.28. The molecule has 0 aliphatic carbocycles. The minimum Gasteiger partial charge on any atom is -0.356 e. The van der Waals surface area contributed by atoms with Gasteiger partial charge in [0.05, 0.1) is 0 Å². The average molecular weight is 296 g/mol. The second-order valence-corrected chi connectivity index (χ2v) is 6.30. The van der Waals surface area contributed by atoms with Crippen LogP contribution in [0.2, 0.25) is 0 Å². The summed E-state index contributed by atoms with van der Waals surface area (Å²) in [5.74, 6) is 2.58. The monoisotopic (exact) mass is 296 g/mol. The maximum atomic E-state index is 11.6. The number of guanidine groups is 1. The van der Waals surface area contributed by atoms with Gasteiger partial charge in [-0.1, -0.05) is 20.8 Å². The maximum absolute atomic E-state index is 11.6. The van der Waals surface area contributed by atoms with Crippen molar-refractivity contribution in [2.75, 3.05) is 33.2 Å². The quantitative estimate of drug-likeness (QED) is 0.557. The highest BCUT2D eigenvalue weighted by Gasteiger charge is 2.25. The van der Waals surface area contributed by atoms with Crippen LogP contribution in [0.1, 0.15) is 46.5 Å². The van der Waals surface area contributed by atoms with Crippen molar-refractivity contribution in [2.24, 2.45) is 16.8 Å². The third-order valence-electron chi connectivity index (χ3n) is 3.81. The van der Waals surface area contributed by atoms with Crippen LogP contribution in [0.15, 0.2) is 4.99 Å². The second-order valence-electron chi connectivity index (χ2n) is 6.30. The summed E-state index contributed by atoms with van der Waals surface area (Å²) in [6, 6.07) is 0. The Morgan fingerprint density at radius 1 is 1.33 bits per heavy atom. The molecule has 1 atom stereocenters. The summed E-state index contributed by atoms with van der Waals surface area (Å²) in [7, 11) is 1.81. The zero-order valence-corrected chi connectivity index (χ0v) is 14.1. The van der Waals surface area contributed by atoms with Crippen LogP contribution in [-0.2, 0) is 4.79 Å². The lowest BCUT2D eigenvalue weighted by Crippen LogP contribution is -2.41. The van der Waals surface area contributed by atoms with Crippen LogP contribution in [0.4, 0.5) is 0 Å². The standard InChI is InChI=1S/C16H32N4O/c1-5-8-18-15(21)6-9-19-16(17-4)20-10-7-14(12-20)11-13(2)3/h13-14H,5-12H2,1-4H3,(H,17,19)(H,18,21). The van der Waals surface area contributed by atoms with Gasteiger partial charge in [-0.3, -0.25) is 9.79 Å². The van der Waals surface area contributed by atoms with Gasteiger partial charge in [0.15, 0.2) is 5.96 Å². The molecule has 1 aliphatic rings. The first-order valence-electron chi connectivity index (χ1n) is 8.29. The third-order valence-corrected chi connectivity index (χ3v) is 3.81. The molecular weight excluding hydrogens is 264 g/mol. The van der Waals surface area contributed by atoms with E-state index in [1.807, 2.05) is 7.05 Å². The number of carbonyl (C=O) groups excluding carboxylic acids is 1. The molecule has 122 valence electrons. The molecule has 1 heterocycles. The smallest absolute Gasteiger partial charge is 0.221 e. The molecule has 0 saturated carbocycles. The normalized spacial score (nSPS) is 19.2. The molecule has 5 nitrogen and oxygen atoms in total. The highest BCUT2D eigenvalue weighted by molar-refractivity contribution is 5.81. The van der Waals surface area contributed by atoms with Gasteiger partial charge in [0.2, 0.25) is 5.91 Å². The first-order chi connectivity index (χ1) is 10.1. The predicted molar refractivity (Wildman–Crippen MR) is 88.4 cm³/mol. The number of likely N-dealkylation sites (tertiary alicyclic amines) is 1. The molecule has 1 rings (SSSR count). The number of aliphatic imine (C=N–C) groups is 1. The summed E-state index contributed by atoms with van der Waals surface area (Å²) in [6.07, 6.45) is 4.01. The van der Waals surface area contributed by atoms with Crippen molar-refractivity contribution in [1.29, 1.82) is 0 Å². The molecular formula is C16H32N4O. The van der Waals surface area contributed by atoms with E-state index in [4.69, 9.17) is 0 Å². The van der Waals surface area contributed by atoms with Gasteiger partial charge >= 0.3 is 0 Å². The van der Waals surface area contributed by atoms with Crippen molar-refractivity contribution in [3.8, 4) is 0 Å². The molecule has 21 heavy (non-hydrogen) atoms. The summed E-state index contributed by atoms with van der Waals surface area (Å²) in [4.78, 5) is 18.2. The van der Waals surface area contributed by atoms with Crippen molar-refractivity contribution in [3.63, 3.8) is 0 Å². The fourth-order valence-electron chi connectivity index (χ4n) is 2.86. The SMILES string of the molecule is CCCNC(=O)CCNC(=NC)N1CCC(CC(C)C)C1. The van der Waals surface area contributed by atoms with Crippen molar-refractivity contribution < 1.29 is 4.79 Å². The van der Waals surface area contributed by atoms with E-state index in [1.165, 1.54) is 12.8 Å². The summed E-state index contributed by atoms with van der Waals surface area (Å²) >= 11 is 0. The summed E-state index contributed by atoms with van der Waals surface area (Å²) < 4.78 is 0. The third kappa shape index (κ3) is 6.82. The van der Waals surface area contributed by atoms with Crippen LogP contribution < -0.4 is 10.6 Å². The van der Waals surface area contributed by atoms with Crippen molar-refractivity contribution in [3.05, 3.63) is 0 Å². The molecule has 1 saturated heterocycles. The van der Waals surface area contributed by atoms with Gasteiger partial charge in [-0.25, -0.2) is 0 Å². The first-order valence-corrected chi connectivity index (χ1v) is 8.29. The Bertz CT molecular complexity index is 341. The molecule has 0 bridgehead atoms. The Labute approximate surface area is 129 Å². The van der Waals surface area contributed by atoms with E-state index in [0.29, 0.717) is 13.0 Å². The van der Waals surface area contributed by atoms with E-state index in [0.717, 1.165) is 43.9 Å². The molecule has 1 aliphatic heterocycles. The fourth-order valence-corrected chi connectivity index (χ4v) is 2.86. The van der Waals surface area contributed by atoms with Gasteiger partial charge in [0.25, 0.3) is 0 Å². The fraction of sp³-hybridized carbons (Fsp3) is 0.875. The number of nitrogens with zero attached hydrogens (tertiary/aromatic N) is 2. The molecule has 2 N–H and O–H groups in total. The second kappa shape index (κ2) is 9.64. The molecule has 0 spiro atoms. The van der Waals surface area contributed by atoms with Gasteiger partial charge in [0.1, 0.15) is 0 Å². The van der Waals surface area contributed by atoms with E-state index in [-0.39, 0.29) is 5.91 Å². The lowest BCUT2D eigenvalue weighted by Gasteiger charge is -2.22. The molecule has 0 aromatic rings. The van der Waals surface area contributed by atoms with E-state index < -0.39 is 0 Å². The number of nitrogens with one attached hydrogen (secondary N) is 2. The van der Waals surface area contributed by atoms with Crippen molar-refractivity contribution in [1.82, 2.24) is 15.5 Å². The number of hydrogen-bond acceptors (Lipinski definition) is 2. The zero-order valence-electron chi connectivity index (χ0n) is 14.1. The predicted octanol–water partition coefficient (Wildman–Crippen LogP) is 1.85. The van der Waals surface area contributed by atoms with Crippen LogP contribution in [-0.4, -0.2) is 50.0 Å². The van der Waals surface area contributed by atoms with E-state index >= 15 is 0 Å². The Morgan fingerprint density at radius 2 is 2.10 bits per heavy atom. The lowest BCUT2D eigenvalue weighted by atomic mass is 9.97. The molecule has 1 unspecified atom stereocenters. The number of rotatable bonds is 7. The molecule has 0 aromatic heterocycles. The lowest BCUT2D eigenvalue weighted by molar-refractivity contribution is -0.120. The summed E-state index contributed by atoms with van der Waals surface area (Å²) in [5.41, 5.74) is 0. The largest absolute Gasteiger partial charge is 0.356 e. The Morgan fingerprint density at radius 3 is 2.71 bits per heavy atom. The van der Waals surface area contributed by atoms with E-state index in [1.54, 1.807) is 0 Å². The molecule has 1 fully saturated rings. The highest BCUT2D eigenvalue weighted by atomic mass is 16.1. The molecule has 5 heteroatoms. The summed E-state index contributed by atoms with van der Waals surface area (Å²) in [5, 5.41) is 6.20. The topological polar surface area (TPSA) is 56.7 Å². The van der Waals surface area contributed by atoms with Gasteiger partial charge in [0, 0.05) is 39.6 Å². The number of hydrogen-bond donors (Lipinski definition) is 2. The number of carbonyl (C=O) groups is 1. The van der Waals surface area contributed by atoms with Crippen LogP contribution in [0, 0.1) is 11.8 Å². The zero-order chi connectivity index (χ0) is 15.7. The molecule has 0 aromatic carbocycles. The van der Waals surface area contributed by atoms with Gasteiger partial charge in [-0.15, -0.1) is 0 Å². The van der Waals surface area contributed by atoms with Crippen LogP contribution in [0.5, 0.6) is 0 Å². The molecule has 1 amide bonds. The van der Waals surface area contributed by atoms with Gasteiger partial charge < -0.3 is 15.5 Å².